The Hall–Kier alpha value is -3.58. The highest BCUT2D eigenvalue weighted by atomic mass is 16.5. The van der Waals surface area contributed by atoms with Crippen LogP contribution in [0.25, 0.3) is 21.8 Å². The number of unbranched alkanes of at least 4 members (excludes halogenated alkanes) is 2. The molecule has 37 heavy (non-hydrogen) atoms. The van der Waals surface area contributed by atoms with Gasteiger partial charge >= 0.3 is 0 Å². The molecule has 2 heterocycles. The third kappa shape index (κ3) is 5.72. The monoisotopic (exact) mass is 499 g/mol. The van der Waals surface area contributed by atoms with Gasteiger partial charge in [-0.2, -0.15) is 0 Å². The van der Waals surface area contributed by atoms with Gasteiger partial charge in [0.2, 0.25) is 5.91 Å². The summed E-state index contributed by atoms with van der Waals surface area (Å²) in [5.74, 6) is 0.763. The number of anilines is 1. The molecule has 1 aliphatic rings. The molecule has 5 N–H and O–H groups in total. The number of aromatic amines is 1. The molecule has 4 aromatic rings. The Morgan fingerprint density at radius 2 is 1.92 bits per heavy atom. The fourth-order valence-electron chi connectivity index (χ4n) is 5.34. The van der Waals surface area contributed by atoms with Crippen molar-refractivity contribution in [3.05, 3.63) is 65.5 Å². The maximum atomic E-state index is 12.5. The molecule has 2 aromatic heterocycles. The smallest absolute Gasteiger partial charge is 0.237 e. The topological polar surface area (TPSA) is 105 Å². The summed E-state index contributed by atoms with van der Waals surface area (Å²) in [7, 11) is 1.70. The Balaban J connectivity index is 1.09. The number of nitrogens with one attached hydrogen (secondary N) is 3. The summed E-state index contributed by atoms with van der Waals surface area (Å²) < 4.78 is 5.47. The number of carbonyl (C=O) groups is 1. The molecular formula is C30H37N5O2. The quantitative estimate of drug-likeness (QED) is 0.220. The molecule has 0 spiro atoms. The molecule has 0 bridgehead atoms. The van der Waals surface area contributed by atoms with Crippen LogP contribution in [0.3, 0.4) is 0 Å². The number of nitrogens with zero attached hydrogens (tertiary/aromatic N) is 1. The van der Waals surface area contributed by atoms with Crippen LogP contribution in [0.5, 0.6) is 5.75 Å². The van der Waals surface area contributed by atoms with Crippen LogP contribution in [0.2, 0.25) is 0 Å². The summed E-state index contributed by atoms with van der Waals surface area (Å²) in [5, 5.41) is 8.99. The van der Waals surface area contributed by atoms with Gasteiger partial charge in [-0.05, 0) is 86.8 Å². The fraction of sp³-hybridized carbons (Fsp3) is 0.400. The summed E-state index contributed by atoms with van der Waals surface area (Å²) in [5.41, 5.74) is 13.2. The van der Waals surface area contributed by atoms with Crippen molar-refractivity contribution in [1.82, 2.24) is 15.3 Å². The number of hydrogen-bond donors (Lipinski definition) is 4. The number of H-pyrrole nitrogens is 1. The average molecular weight is 500 g/mol. The Labute approximate surface area is 218 Å². The molecule has 7 heteroatoms. The van der Waals surface area contributed by atoms with Gasteiger partial charge in [-0.3, -0.25) is 9.78 Å². The number of carbonyl (C=O) groups excluding carboxylic acids is 1. The van der Waals surface area contributed by atoms with Gasteiger partial charge in [0.1, 0.15) is 5.75 Å². The van der Waals surface area contributed by atoms with E-state index < -0.39 is 6.04 Å². The molecule has 2 aromatic carbocycles. The maximum Gasteiger partial charge on any atom is 0.237 e. The van der Waals surface area contributed by atoms with Gasteiger partial charge in [-0.1, -0.05) is 18.2 Å². The van der Waals surface area contributed by atoms with Crippen molar-refractivity contribution in [2.24, 2.45) is 5.73 Å². The van der Waals surface area contributed by atoms with Crippen LogP contribution in [0.4, 0.5) is 5.69 Å². The number of para-hydroxylation sites is 1. The van der Waals surface area contributed by atoms with E-state index in [1.54, 1.807) is 7.11 Å². The molecule has 0 aliphatic heterocycles. The summed E-state index contributed by atoms with van der Waals surface area (Å²) >= 11 is 0. The largest absolute Gasteiger partial charge is 0.497 e. The highest BCUT2D eigenvalue weighted by Gasteiger charge is 2.19. The van der Waals surface area contributed by atoms with E-state index in [9.17, 15) is 4.79 Å². The van der Waals surface area contributed by atoms with Crippen LogP contribution < -0.4 is 21.1 Å². The normalized spacial score (nSPS) is 13.9. The lowest BCUT2D eigenvalue weighted by atomic mass is 9.92. The second-order valence-corrected chi connectivity index (χ2v) is 9.95. The minimum absolute atomic E-state index is 0.0905. The van der Waals surface area contributed by atoms with Gasteiger partial charge < -0.3 is 26.1 Å². The third-order valence-corrected chi connectivity index (χ3v) is 7.38. The highest BCUT2D eigenvalue weighted by Crippen LogP contribution is 2.35. The number of methoxy groups -OCH3 is 1. The van der Waals surface area contributed by atoms with E-state index in [4.69, 9.17) is 15.5 Å². The minimum atomic E-state index is -0.552. The molecule has 0 saturated heterocycles. The maximum absolute atomic E-state index is 12.5. The van der Waals surface area contributed by atoms with Crippen LogP contribution in [-0.2, 0) is 24.1 Å². The number of pyridine rings is 1. The Kier molecular flexibility index (Phi) is 7.90. The standard InChI is InChI=1S/C30H37N5O2/c1-37-21-13-14-28-24(18-21)29(23-10-4-6-12-27(23)35-28)32-15-7-2-8-16-33-30(36)25(31)17-20-19-34-26-11-5-3-9-22(20)26/h3,5,9,11,13-14,18-19,25,34H,2,4,6-8,10,12,15-17,31H2,1H3,(H,32,35)(H,33,36)/t25-/m0/s1. The second-order valence-electron chi connectivity index (χ2n) is 9.95. The van der Waals surface area contributed by atoms with Crippen molar-refractivity contribution in [2.45, 2.75) is 57.4 Å². The van der Waals surface area contributed by atoms with Gasteiger partial charge in [-0.25, -0.2) is 0 Å². The first-order valence-corrected chi connectivity index (χ1v) is 13.5. The molecule has 7 nitrogen and oxygen atoms in total. The molecular weight excluding hydrogens is 462 g/mol. The number of rotatable bonds is 11. The number of hydrogen-bond acceptors (Lipinski definition) is 5. The zero-order valence-corrected chi connectivity index (χ0v) is 21.6. The zero-order chi connectivity index (χ0) is 25.6. The van der Waals surface area contributed by atoms with E-state index in [0.717, 1.165) is 71.8 Å². The van der Waals surface area contributed by atoms with Crippen LogP contribution in [0, 0.1) is 0 Å². The molecule has 0 saturated carbocycles. The van der Waals surface area contributed by atoms with Crippen molar-refractivity contribution in [2.75, 3.05) is 25.5 Å². The van der Waals surface area contributed by atoms with Crippen molar-refractivity contribution in [1.29, 1.82) is 0 Å². The summed E-state index contributed by atoms with van der Waals surface area (Å²) in [6.45, 7) is 1.53. The van der Waals surface area contributed by atoms with Gasteiger partial charge in [0, 0.05) is 47.0 Å². The highest BCUT2D eigenvalue weighted by molar-refractivity contribution is 5.94. The van der Waals surface area contributed by atoms with E-state index in [1.807, 2.05) is 30.5 Å². The number of fused-ring (bicyclic) bond motifs is 3. The lowest BCUT2D eigenvalue weighted by molar-refractivity contribution is -0.122. The Bertz CT molecular complexity index is 1380. The average Bonchev–Trinajstić information content (AvgIpc) is 3.34. The number of aryl methyl sites for hydroxylation is 1. The number of nitrogens with two attached hydrogens (primary N) is 1. The Morgan fingerprint density at radius 3 is 2.81 bits per heavy atom. The van der Waals surface area contributed by atoms with Crippen LogP contribution in [-0.4, -0.2) is 42.1 Å². The van der Waals surface area contributed by atoms with Crippen molar-refractivity contribution in [3.8, 4) is 5.75 Å². The van der Waals surface area contributed by atoms with Crippen LogP contribution in [0.15, 0.2) is 48.7 Å². The SMILES string of the molecule is COc1ccc2nc3c(c(NCCCCCNC(=O)[C@@H](N)Cc4c[nH]c5ccccc45)c2c1)CCCC3. The van der Waals surface area contributed by atoms with Gasteiger partial charge in [0.15, 0.2) is 0 Å². The minimum Gasteiger partial charge on any atom is -0.497 e. The molecule has 0 fully saturated rings. The number of aromatic nitrogens is 2. The second kappa shape index (κ2) is 11.6. The molecule has 5 rings (SSSR count). The Morgan fingerprint density at radius 1 is 1.08 bits per heavy atom. The number of amides is 1. The van der Waals surface area contributed by atoms with Crippen LogP contribution in [0.1, 0.15) is 48.9 Å². The van der Waals surface area contributed by atoms with Crippen molar-refractivity contribution >= 4 is 33.4 Å². The number of ether oxygens (including phenoxy) is 1. The van der Waals surface area contributed by atoms with E-state index in [1.165, 1.54) is 29.8 Å². The molecule has 1 aliphatic carbocycles. The third-order valence-electron chi connectivity index (χ3n) is 7.38. The van der Waals surface area contributed by atoms with E-state index in [2.05, 4.69) is 33.8 Å². The molecule has 194 valence electrons. The molecule has 0 radical (unpaired) electrons. The molecule has 1 amide bonds. The van der Waals surface area contributed by atoms with Crippen molar-refractivity contribution in [3.63, 3.8) is 0 Å². The summed E-state index contributed by atoms with van der Waals surface area (Å²) in [6, 6.07) is 13.7. The van der Waals surface area contributed by atoms with Gasteiger partial charge in [0.05, 0.1) is 18.7 Å². The van der Waals surface area contributed by atoms with Gasteiger partial charge in [-0.15, -0.1) is 0 Å². The summed E-state index contributed by atoms with van der Waals surface area (Å²) in [6.07, 6.45) is 9.99. The first kappa shape index (κ1) is 25.1. The molecule has 0 unspecified atom stereocenters. The summed E-state index contributed by atoms with van der Waals surface area (Å²) in [4.78, 5) is 20.7. The fourth-order valence-corrected chi connectivity index (χ4v) is 5.34. The van der Waals surface area contributed by atoms with Crippen molar-refractivity contribution < 1.29 is 9.53 Å². The lowest BCUT2D eigenvalue weighted by Gasteiger charge is -2.22. The molecule has 1 atom stereocenters. The van der Waals surface area contributed by atoms with E-state index in [-0.39, 0.29) is 5.91 Å². The first-order valence-electron chi connectivity index (χ1n) is 13.5. The van der Waals surface area contributed by atoms with E-state index in [0.29, 0.717) is 13.0 Å². The lowest BCUT2D eigenvalue weighted by Crippen LogP contribution is -2.42. The predicted molar refractivity (Wildman–Crippen MR) is 150 cm³/mol. The van der Waals surface area contributed by atoms with E-state index >= 15 is 0 Å². The first-order chi connectivity index (χ1) is 18.1. The predicted octanol–water partition coefficient (Wildman–Crippen LogP) is 4.87. The number of benzene rings is 2. The van der Waals surface area contributed by atoms with Crippen LogP contribution >= 0.6 is 0 Å². The van der Waals surface area contributed by atoms with Gasteiger partial charge in [0.25, 0.3) is 0 Å². The zero-order valence-electron chi connectivity index (χ0n) is 21.6.